The van der Waals surface area contributed by atoms with Gasteiger partial charge >= 0.3 is 0 Å². The maximum absolute atomic E-state index is 13.2. The van der Waals surface area contributed by atoms with E-state index in [0.29, 0.717) is 16.3 Å². The fourth-order valence-electron chi connectivity index (χ4n) is 3.42. The lowest BCUT2D eigenvalue weighted by atomic mass is 10.0. The van der Waals surface area contributed by atoms with Crippen molar-refractivity contribution < 1.29 is 19.6 Å². The molecule has 0 saturated heterocycles. The standard InChI is InChI=1S/C24H19ClN4O4/c25-16-9-11-17(12-10-16)27-24(32)21(19-13-26-20-4-2-1-3-18(19)20)28-22(30)14-5-7-15(8-6-14)23(31)29-33/h1-13,21,26,33H,(H,27,32)(H,28,30)(H,29,31)/t21-/m0/s1. The molecule has 0 fully saturated rings. The summed E-state index contributed by atoms with van der Waals surface area (Å²) in [7, 11) is 0. The van der Waals surface area contributed by atoms with Crippen LogP contribution in [0.5, 0.6) is 0 Å². The minimum Gasteiger partial charge on any atom is -0.361 e. The molecule has 0 aliphatic carbocycles. The van der Waals surface area contributed by atoms with E-state index >= 15 is 0 Å². The molecule has 0 radical (unpaired) electrons. The minimum atomic E-state index is -1.01. The van der Waals surface area contributed by atoms with Crippen molar-refractivity contribution in [3.8, 4) is 0 Å². The van der Waals surface area contributed by atoms with Gasteiger partial charge in [0.25, 0.3) is 17.7 Å². The Morgan fingerprint density at radius 3 is 2.15 bits per heavy atom. The number of hydrogen-bond donors (Lipinski definition) is 5. The molecule has 4 aromatic rings. The molecule has 0 aliphatic rings. The van der Waals surface area contributed by atoms with Crippen molar-refractivity contribution in [3.63, 3.8) is 0 Å². The predicted molar refractivity (Wildman–Crippen MR) is 124 cm³/mol. The number of aromatic amines is 1. The van der Waals surface area contributed by atoms with E-state index in [2.05, 4.69) is 15.6 Å². The zero-order chi connectivity index (χ0) is 23.4. The van der Waals surface area contributed by atoms with E-state index < -0.39 is 23.8 Å². The van der Waals surface area contributed by atoms with Crippen LogP contribution >= 0.6 is 11.6 Å². The summed E-state index contributed by atoms with van der Waals surface area (Å²) < 4.78 is 0. The van der Waals surface area contributed by atoms with E-state index in [4.69, 9.17) is 16.8 Å². The number of hydrogen-bond acceptors (Lipinski definition) is 4. The summed E-state index contributed by atoms with van der Waals surface area (Å²) in [6, 6.07) is 18.7. The molecule has 8 nitrogen and oxygen atoms in total. The van der Waals surface area contributed by atoms with Gasteiger partial charge in [-0.05, 0) is 54.6 Å². The van der Waals surface area contributed by atoms with Crippen molar-refractivity contribution in [3.05, 3.63) is 101 Å². The molecule has 9 heteroatoms. The Kier molecular flexibility index (Phi) is 6.39. The quantitative estimate of drug-likeness (QED) is 0.219. The van der Waals surface area contributed by atoms with Gasteiger partial charge < -0.3 is 15.6 Å². The van der Waals surface area contributed by atoms with Gasteiger partial charge in [-0.3, -0.25) is 19.6 Å². The van der Waals surface area contributed by atoms with Crippen LogP contribution in [0.3, 0.4) is 0 Å². The molecular formula is C24H19ClN4O4. The molecule has 1 atom stereocenters. The molecule has 0 aliphatic heterocycles. The number of H-pyrrole nitrogens is 1. The monoisotopic (exact) mass is 462 g/mol. The second-order valence-corrected chi connectivity index (χ2v) is 7.65. The van der Waals surface area contributed by atoms with Crippen LogP contribution in [0.1, 0.15) is 32.3 Å². The molecule has 3 aromatic carbocycles. The number of halogens is 1. The number of para-hydroxylation sites is 1. The van der Waals surface area contributed by atoms with E-state index in [0.717, 1.165) is 10.9 Å². The largest absolute Gasteiger partial charge is 0.361 e. The molecule has 4 rings (SSSR count). The predicted octanol–water partition coefficient (Wildman–Crippen LogP) is 4.05. The molecule has 33 heavy (non-hydrogen) atoms. The van der Waals surface area contributed by atoms with Crippen LogP contribution in [0.4, 0.5) is 5.69 Å². The third-order valence-corrected chi connectivity index (χ3v) is 5.34. The normalized spacial score (nSPS) is 11.6. The third kappa shape index (κ3) is 4.87. The summed E-state index contributed by atoms with van der Waals surface area (Å²) in [6.45, 7) is 0. The number of anilines is 1. The minimum absolute atomic E-state index is 0.183. The van der Waals surface area contributed by atoms with Crippen LogP contribution in [0.15, 0.2) is 79.0 Å². The van der Waals surface area contributed by atoms with Crippen LogP contribution in [0, 0.1) is 0 Å². The second-order valence-electron chi connectivity index (χ2n) is 7.21. The van der Waals surface area contributed by atoms with Gasteiger partial charge in [0.05, 0.1) is 0 Å². The van der Waals surface area contributed by atoms with Crippen LogP contribution in [-0.4, -0.2) is 27.9 Å². The van der Waals surface area contributed by atoms with Crippen LogP contribution in [0.2, 0.25) is 5.02 Å². The maximum Gasteiger partial charge on any atom is 0.274 e. The molecule has 166 valence electrons. The van der Waals surface area contributed by atoms with Crippen molar-refractivity contribution in [2.24, 2.45) is 0 Å². The highest BCUT2D eigenvalue weighted by atomic mass is 35.5. The zero-order valence-electron chi connectivity index (χ0n) is 17.1. The van der Waals surface area contributed by atoms with Gasteiger partial charge in [0.15, 0.2) is 0 Å². The third-order valence-electron chi connectivity index (χ3n) is 5.09. The Morgan fingerprint density at radius 2 is 1.48 bits per heavy atom. The summed E-state index contributed by atoms with van der Waals surface area (Å²) in [5.74, 6) is -1.64. The van der Waals surface area contributed by atoms with Crippen molar-refractivity contribution in [1.29, 1.82) is 0 Å². The molecule has 0 spiro atoms. The number of benzene rings is 3. The average Bonchev–Trinajstić information content (AvgIpc) is 3.27. The number of hydroxylamine groups is 1. The highest BCUT2D eigenvalue weighted by Crippen LogP contribution is 2.26. The Morgan fingerprint density at radius 1 is 0.848 bits per heavy atom. The van der Waals surface area contributed by atoms with Crippen LogP contribution < -0.4 is 16.1 Å². The van der Waals surface area contributed by atoms with Gasteiger partial charge in [0.1, 0.15) is 6.04 Å². The first-order valence-corrected chi connectivity index (χ1v) is 10.3. The van der Waals surface area contributed by atoms with E-state index in [-0.39, 0.29) is 11.1 Å². The number of rotatable bonds is 6. The lowest BCUT2D eigenvalue weighted by Crippen LogP contribution is -2.37. The van der Waals surface area contributed by atoms with E-state index in [1.54, 1.807) is 30.5 Å². The first-order chi connectivity index (χ1) is 16.0. The number of carbonyl (C=O) groups is 3. The Balaban J connectivity index is 1.63. The smallest absolute Gasteiger partial charge is 0.274 e. The van der Waals surface area contributed by atoms with Crippen molar-refractivity contribution in [1.82, 2.24) is 15.8 Å². The van der Waals surface area contributed by atoms with Gasteiger partial charge in [-0.15, -0.1) is 0 Å². The Bertz CT molecular complexity index is 1320. The molecule has 1 heterocycles. The average molecular weight is 463 g/mol. The van der Waals surface area contributed by atoms with E-state index in [1.807, 2.05) is 24.3 Å². The number of aromatic nitrogens is 1. The van der Waals surface area contributed by atoms with E-state index in [9.17, 15) is 14.4 Å². The van der Waals surface area contributed by atoms with Gasteiger partial charge in [-0.25, -0.2) is 5.48 Å². The number of fused-ring (bicyclic) bond motifs is 1. The van der Waals surface area contributed by atoms with E-state index in [1.165, 1.54) is 29.7 Å². The zero-order valence-corrected chi connectivity index (χ0v) is 17.9. The van der Waals surface area contributed by atoms with Crippen molar-refractivity contribution >= 4 is 45.9 Å². The number of carbonyl (C=O) groups excluding carboxylic acids is 3. The van der Waals surface area contributed by atoms with Crippen LogP contribution in [-0.2, 0) is 4.79 Å². The van der Waals surface area contributed by atoms with Gasteiger partial charge in [0.2, 0.25) is 0 Å². The summed E-state index contributed by atoms with van der Waals surface area (Å²) >= 11 is 5.92. The summed E-state index contributed by atoms with van der Waals surface area (Å²) in [5.41, 5.74) is 3.92. The fraction of sp³-hybridized carbons (Fsp3) is 0.0417. The Labute approximate surface area is 193 Å². The van der Waals surface area contributed by atoms with Gasteiger partial charge in [-0.2, -0.15) is 0 Å². The SMILES string of the molecule is O=C(NO)c1ccc(C(=O)N[C@H](C(=O)Nc2ccc(Cl)cc2)c2c[nH]c3ccccc23)cc1. The highest BCUT2D eigenvalue weighted by Gasteiger charge is 2.26. The Hall–Kier alpha value is -4.14. The molecule has 0 saturated carbocycles. The first kappa shape index (κ1) is 22.1. The maximum atomic E-state index is 13.2. The lowest BCUT2D eigenvalue weighted by Gasteiger charge is -2.19. The molecule has 0 unspecified atom stereocenters. The molecular weight excluding hydrogens is 444 g/mol. The molecule has 1 aromatic heterocycles. The molecule has 3 amide bonds. The highest BCUT2D eigenvalue weighted by molar-refractivity contribution is 6.30. The topological polar surface area (TPSA) is 123 Å². The fourth-order valence-corrected chi connectivity index (χ4v) is 3.54. The first-order valence-electron chi connectivity index (χ1n) is 9.94. The lowest BCUT2D eigenvalue weighted by molar-refractivity contribution is -0.118. The van der Waals surface area contributed by atoms with Gasteiger partial charge in [0, 0.05) is 44.5 Å². The second kappa shape index (κ2) is 9.56. The number of nitrogens with one attached hydrogen (secondary N) is 4. The van der Waals surface area contributed by atoms with Crippen molar-refractivity contribution in [2.75, 3.05) is 5.32 Å². The molecule has 0 bridgehead atoms. The molecule has 5 N–H and O–H groups in total. The summed E-state index contributed by atoms with van der Waals surface area (Å²) in [5, 5.41) is 15.7. The number of amides is 3. The van der Waals surface area contributed by atoms with Crippen molar-refractivity contribution in [2.45, 2.75) is 6.04 Å². The summed E-state index contributed by atoms with van der Waals surface area (Å²) in [4.78, 5) is 40.8. The summed E-state index contributed by atoms with van der Waals surface area (Å²) in [6.07, 6.45) is 1.69. The van der Waals surface area contributed by atoms with Gasteiger partial charge in [-0.1, -0.05) is 29.8 Å². The van der Waals surface area contributed by atoms with Crippen LogP contribution in [0.25, 0.3) is 10.9 Å².